The third-order valence-corrected chi connectivity index (χ3v) is 9.05. The molecule has 0 spiro atoms. The number of nitrogens with zero attached hydrogens (tertiary/aromatic N) is 2. The van der Waals surface area contributed by atoms with E-state index in [1.165, 1.54) is 6.07 Å². The molecule has 5 rings (SSSR count). The van der Waals surface area contributed by atoms with Crippen LogP contribution in [0.5, 0.6) is 0 Å². The topological polar surface area (TPSA) is 158 Å². The highest BCUT2D eigenvalue weighted by atomic mass is 32.2. The Morgan fingerprint density at radius 3 is 1.81 bits per heavy atom. The van der Waals surface area contributed by atoms with Crippen molar-refractivity contribution in [2.24, 2.45) is 0 Å². The molecule has 0 unspecified atom stereocenters. The molecule has 3 N–H and O–H groups in total. The second kappa shape index (κ2) is 16.2. The molecule has 0 saturated heterocycles. The first-order valence-corrected chi connectivity index (χ1v) is 18.0. The Bertz CT molecular complexity index is 1610. The molecule has 2 saturated carbocycles. The van der Waals surface area contributed by atoms with Gasteiger partial charge in [-0.25, -0.2) is 17.8 Å². The molecular formula is C34H43N5O7S. The Labute approximate surface area is 275 Å². The van der Waals surface area contributed by atoms with Gasteiger partial charge in [-0.05, 0) is 36.8 Å². The number of benzene rings is 2. The maximum absolute atomic E-state index is 13.7. The Morgan fingerprint density at radius 2 is 1.28 bits per heavy atom. The normalized spacial score (nSPS) is 21.5. The summed E-state index contributed by atoms with van der Waals surface area (Å²) in [4.78, 5) is 39.8. The molecule has 13 heteroatoms. The van der Waals surface area contributed by atoms with Gasteiger partial charge in [0, 0.05) is 6.07 Å². The van der Waals surface area contributed by atoms with Crippen molar-refractivity contribution in [1.82, 2.24) is 25.1 Å². The molecule has 12 nitrogen and oxygen atoms in total. The fraction of sp³-hybridized carbons (Fsp3) is 0.471. The van der Waals surface area contributed by atoms with Crippen molar-refractivity contribution < 1.29 is 32.3 Å². The molecule has 0 radical (unpaired) electrons. The molecule has 0 aliphatic heterocycles. The highest BCUT2D eigenvalue weighted by Gasteiger charge is 2.31. The van der Waals surface area contributed by atoms with Gasteiger partial charge in [-0.3, -0.25) is 14.4 Å². The van der Waals surface area contributed by atoms with E-state index in [2.05, 4.69) is 15.7 Å². The standard InChI is InChI=1S/C34H43N5O7S/c1-47(43,44)38-33(41)28-20-29(34(42)36-27-17-9-11-19-31(27)46-23-25-14-6-3-7-15-25)39(37-28)21-32(40)35-26-16-8-10-18-30(26)45-22-24-12-4-2-5-13-24/h2-7,12-15,20,26-27,30-31H,8-11,16-19,21-23H2,1H3,(H,35,40)(H,36,42)(H,38,41)/t26-,27-,30-,31-/m0/s1. The van der Waals surface area contributed by atoms with E-state index in [1.807, 2.05) is 65.4 Å². The van der Waals surface area contributed by atoms with Gasteiger partial charge in [-0.1, -0.05) is 86.3 Å². The SMILES string of the molecule is CS(=O)(=O)NC(=O)c1cc(C(=O)N[C@H]2CCCC[C@@H]2OCc2ccccc2)n(CC(=O)N[C@H]2CCCC[C@@H]2OCc2ccccc2)n1. The molecule has 3 aromatic rings. The number of hydrogen-bond acceptors (Lipinski definition) is 8. The molecule has 4 atom stereocenters. The predicted molar refractivity (Wildman–Crippen MR) is 175 cm³/mol. The summed E-state index contributed by atoms with van der Waals surface area (Å²) in [6.07, 6.45) is 7.28. The number of aromatic nitrogens is 2. The zero-order chi connectivity index (χ0) is 33.2. The number of nitrogens with one attached hydrogen (secondary N) is 3. The maximum Gasteiger partial charge on any atom is 0.285 e. The van der Waals surface area contributed by atoms with Gasteiger partial charge in [0.1, 0.15) is 12.2 Å². The van der Waals surface area contributed by atoms with Gasteiger partial charge in [0.25, 0.3) is 11.8 Å². The van der Waals surface area contributed by atoms with Crippen molar-refractivity contribution in [2.45, 2.75) is 95.4 Å². The lowest BCUT2D eigenvalue weighted by molar-refractivity contribution is -0.124. The Hall–Kier alpha value is -4.07. The second-order valence-corrected chi connectivity index (χ2v) is 14.0. The minimum Gasteiger partial charge on any atom is -0.371 e. The monoisotopic (exact) mass is 665 g/mol. The van der Waals surface area contributed by atoms with Crippen molar-refractivity contribution in [3.05, 3.63) is 89.2 Å². The molecule has 2 aliphatic carbocycles. The third-order valence-electron chi connectivity index (χ3n) is 8.50. The first kappa shape index (κ1) is 34.3. The summed E-state index contributed by atoms with van der Waals surface area (Å²) in [5.41, 5.74) is 1.74. The van der Waals surface area contributed by atoms with Crippen LogP contribution in [0.15, 0.2) is 66.7 Å². The Balaban J connectivity index is 1.28. The van der Waals surface area contributed by atoms with E-state index < -0.39 is 27.7 Å². The zero-order valence-electron chi connectivity index (χ0n) is 26.6. The van der Waals surface area contributed by atoms with Crippen molar-refractivity contribution in [1.29, 1.82) is 0 Å². The van der Waals surface area contributed by atoms with E-state index in [0.29, 0.717) is 19.6 Å². The molecule has 0 bridgehead atoms. The van der Waals surface area contributed by atoms with E-state index in [-0.39, 0.29) is 42.2 Å². The smallest absolute Gasteiger partial charge is 0.285 e. The van der Waals surface area contributed by atoms with Crippen LogP contribution in [0, 0.1) is 0 Å². The number of carbonyl (C=O) groups is 3. The van der Waals surface area contributed by atoms with Gasteiger partial charge < -0.3 is 20.1 Å². The lowest BCUT2D eigenvalue weighted by Crippen LogP contribution is -2.48. The fourth-order valence-electron chi connectivity index (χ4n) is 6.16. The summed E-state index contributed by atoms with van der Waals surface area (Å²) in [6.45, 7) is 0.482. The van der Waals surface area contributed by atoms with Crippen LogP contribution in [0.3, 0.4) is 0 Å². The van der Waals surface area contributed by atoms with E-state index in [4.69, 9.17) is 9.47 Å². The number of carbonyl (C=O) groups excluding carboxylic acids is 3. The summed E-state index contributed by atoms with van der Waals surface area (Å²) in [5.74, 6) is -1.94. The van der Waals surface area contributed by atoms with Gasteiger partial charge >= 0.3 is 0 Å². The quantitative estimate of drug-likeness (QED) is 0.251. The van der Waals surface area contributed by atoms with Gasteiger partial charge in [-0.2, -0.15) is 5.10 Å². The van der Waals surface area contributed by atoms with Gasteiger partial charge in [0.05, 0.1) is 43.8 Å². The summed E-state index contributed by atoms with van der Waals surface area (Å²) in [7, 11) is -3.89. The summed E-state index contributed by atoms with van der Waals surface area (Å²) in [5, 5.41) is 10.3. The average molecular weight is 666 g/mol. The average Bonchev–Trinajstić information content (AvgIpc) is 3.48. The van der Waals surface area contributed by atoms with Crippen molar-refractivity contribution in [2.75, 3.05) is 6.26 Å². The van der Waals surface area contributed by atoms with Crippen LogP contribution in [0.25, 0.3) is 0 Å². The molecular weight excluding hydrogens is 622 g/mol. The molecule has 1 heterocycles. The lowest BCUT2D eigenvalue weighted by atomic mass is 9.92. The highest BCUT2D eigenvalue weighted by Crippen LogP contribution is 2.24. The number of rotatable bonds is 13. The van der Waals surface area contributed by atoms with Gasteiger partial charge in [0.15, 0.2) is 5.69 Å². The van der Waals surface area contributed by atoms with E-state index in [1.54, 1.807) is 0 Å². The molecule has 2 aliphatic rings. The number of amides is 3. The molecule has 3 amide bonds. The van der Waals surface area contributed by atoms with Crippen LogP contribution in [-0.4, -0.2) is 66.5 Å². The van der Waals surface area contributed by atoms with Crippen LogP contribution < -0.4 is 15.4 Å². The van der Waals surface area contributed by atoms with Gasteiger partial charge in [0.2, 0.25) is 15.9 Å². The van der Waals surface area contributed by atoms with Crippen LogP contribution >= 0.6 is 0 Å². The first-order chi connectivity index (χ1) is 22.6. The largest absolute Gasteiger partial charge is 0.371 e. The second-order valence-electron chi connectivity index (χ2n) is 12.3. The molecule has 2 fully saturated rings. The minimum absolute atomic E-state index is 0.0355. The minimum atomic E-state index is -3.89. The molecule has 2 aromatic carbocycles. The first-order valence-electron chi connectivity index (χ1n) is 16.2. The van der Waals surface area contributed by atoms with Crippen LogP contribution in [-0.2, 0) is 44.1 Å². The summed E-state index contributed by atoms with van der Waals surface area (Å²) in [6, 6.07) is 20.3. The van der Waals surface area contributed by atoms with Crippen molar-refractivity contribution in [3.63, 3.8) is 0 Å². The molecule has 1 aromatic heterocycles. The zero-order valence-corrected chi connectivity index (χ0v) is 27.4. The summed E-state index contributed by atoms with van der Waals surface area (Å²) < 4.78 is 38.9. The van der Waals surface area contributed by atoms with Crippen molar-refractivity contribution >= 4 is 27.7 Å². The Kier molecular flexibility index (Phi) is 11.8. The summed E-state index contributed by atoms with van der Waals surface area (Å²) >= 11 is 0. The number of sulfonamides is 1. The number of hydrogen-bond donors (Lipinski definition) is 3. The van der Waals surface area contributed by atoms with E-state index in [9.17, 15) is 22.8 Å². The van der Waals surface area contributed by atoms with Gasteiger partial charge in [-0.15, -0.1) is 0 Å². The Morgan fingerprint density at radius 1 is 0.766 bits per heavy atom. The van der Waals surface area contributed by atoms with E-state index in [0.717, 1.165) is 67.0 Å². The molecule has 47 heavy (non-hydrogen) atoms. The predicted octanol–water partition coefficient (Wildman–Crippen LogP) is 3.47. The van der Waals surface area contributed by atoms with E-state index >= 15 is 0 Å². The number of ether oxygens (including phenoxy) is 2. The van der Waals surface area contributed by atoms with Crippen molar-refractivity contribution in [3.8, 4) is 0 Å². The molecule has 252 valence electrons. The van der Waals surface area contributed by atoms with Crippen LogP contribution in [0.4, 0.5) is 0 Å². The van der Waals surface area contributed by atoms with Crippen LogP contribution in [0.2, 0.25) is 0 Å². The fourth-order valence-corrected chi connectivity index (χ4v) is 6.60. The lowest BCUT2D eigenvalue weighted by Gasteiger charge is -2.32. The van der Waals surface area contributed by atoms with Crippen LogP contribution in [0.1, 0.15) is 83.5 Å². The highest BCUT2D eigenvalue weighted by molar-refractivity contribution is 7.89. The maximum atomic E-state index is 13.7. The third kappa shape index (κ3) is 10.2.